The fourth-order valence-corrected chi connectivity index (χ4v) is 1.31. The van der Waals surface area contributed by atoms with E-state index in [1.165, 1.54) is 18.2 Å². The van der Waals surface area contributed by atoms with E-state index in [0.29, 0.717) is 5.52 Å². The molecule has 0 fully saturated rings. The van der Waals surface area contributed by atoms with Crippen LogP contribution in [-0.2, 0) is 11.2 Å². The number of aromatic carboxylic acids is 1. The third kappa shape index (κ3) is 1.85. The lowest BCUT2D eigenvalue weighted by Crippen LogP contribution is -1.99. The SMILES string of the molecule is O=C(O)Cc1nc2ccc(C(=O)O)cc2o1. The molecule has 0 atom stereocenters. The summed E-state index contributed by atoms with van der Waals surface area (Å²) in [5, 5.41) is 17.3. The Labute approximate surface area is 89.1 Å². The van der Waals surface area contributed by atoms with Crippen molar-refractivity contribution in [3.8, 4) is 0 Å². The van der Waals surface area contributed by atoms with Gasteiger partial charge in [-0.25, -0.2) is 9.78 Å². The van der Waals surface area contributed by atoms with Gasteiger partial charge in [-0.05, 0) is 18.2 Å². The van der Waals surface area contributed by atoms with Crippen molar-refractivity contribution in [3.63, 3.8) is 0 Å². The van der Waals surface area contributed by atoms with Crippen molar-refractivity contribution >= 4 is 23.0 Å². The Hall–Kier alpha value is -2.37. The zero-order chi connectivity index (χ0) is 11.7. The number of carboxylic acid groups (broad SMARTS) is 2. The average molecular weight is 221 g/mol. The normalized spacial score (nSPS) is 10.5. The second-order valence-electron chi connectivity index (χ2n) is 3.17. The molecule has 2 N–H and O–H groups in total. The van der Waals surface area contributed by atoms with Crippen LogP contribution in [0.2, 0.25) is 0 Å². The van der Waals surface area contributed by atoms with E-state index >= 15 is 0 Å². The highest BCUT2D eigenvalue weighted by Gasteiger charge is 2.11. The Morgan fingerprint density at radius 2 is 2.06 bits per heavy atom. The van der Waals surface area contributed by atoms with Gasteiger partial charge in [0, 0.05) is 0 Å². The number of hydrogen-bond acceptors (Lipinski definition) is 4. The van der Waals surface area contributed by atoms with Crippen LogP contribution in [0.4, 0.5) is 0 Å². The van der Waals surface area contributed by atoms with Crippen LogP contribution in [0.3, 0.4) is 0 Å². The van der Waals surface area contributed by atoms with Crippen molar-refractivity contribution in [2.45, 2.75) is 6.42 Å². The number of nitrogens with zero attached hydrogens (tertiary/aromatic N) is 1. The highest BCUT2D eigenvalue weighted by Crippen LogP contribution is 2.17. The van der Waals surface area contributed by atoms with Gasteiger partial charge in [-0.2, -0.15) is 0 Å². The van der Waals surface area contributed by atoms with E-state index in [4.69, 9.17) is 14.6 Å². The standard InChI is InChI=1S/C10H7NO5/c12-9(13)4-8-11-6-2-1-5(10(14)15)3-7(6)16-8/h1-3H,4H2,(H,12,13)(H,14,15). The van der Waals surface area contributed by atoms with Crippen LogP contribution in [0.15, 0.2) is 22.6 Å². The molecule has 16 heavy (non-hydrogen) atoms. The van der Waals surface area contributed by atoms with Crippen molar-refractivity contribution in [2.75, 3.05) is 0 Å². The monoisotopic (exact) mass is 221 g/mol. The molecule has 0 radical (unpaired) electrons. The molecular weight excluding hydrogens is 214 g/mol. The first-order valence-corrected chi connectivity index (χ1v) is 4.41. The highest BCUT2D eigenvalue weighted by molar-refractivity contribution is 5.91. The first-order valence-electron chi connectivity index (χ1n) is 4.41. The number of aromatic nitrogens is 1. The third-order valence-electron chi connectivity index (χ3n) is 1.98. The second kappa shape index (κ2) is 3.65. The largest absolute Gasteiger partial charge is 0.481 e. The fraction of sp³-hybridized carbons (Fsp3) is 0.100. The Morgan fingerprint density at radius 1 is 1.31 bits per heavy atom. The van der Waals surface area contributed by atoms with Gasteiger partial charge in [0.25, 0.3) is 0 Å². The molecule has 6 heteroatoms. The molecule has 0 saturated carbocycles. The topological polar surface area (TPSA) is 101 Å². The Morgan fingerprint density at radius 3 is 2.69 bits per heavy atom. The summed E-state index contributed by atoms with van der Waals surface area (Å²) >= 11 is 0. The van der Waals surface area contributed by atoms with Gasteiger partial charge in [0.05, 0.1) is 5.56 Å². The molecule has 1 aromatic carbocycles. The van der Waals surface area contributed by atoms with Crippen LogP contribution in [0.1, 0.15) is 16.2 Å². The van der Waals surface area contributed by atoms with Gasteiger partial charge < -0.3 is 14.6 Å². The van der Waals surface area contributed by atoms with Crippen molar-refractivity contribution in [1.82, 2.24) is 4.98 Å². The number of fused-ring (bicyclic) bond motifs is 1. The molecule has 0 spiro atoms. The number of rotatable bonds is 3. The van der Waals surface area contributed by atoms with E-state index in [1.807, 2.05) is 0 Å². The first kappa shape index (κ1) is 10.2. The third-order valence-corrected chi connectivity index (χ3v) is 1.98. The maximum atomic E-state index is 10.7. The summed E-state index contributed by atoms with van der Waals surface area (Å²) < 4.78 is 5.11. The summed E-state index contributed by atoms with van der Waals surface area (Å²) in [6.07, 6.45) is -0.322. The molecule has 2 rings (SSSR count). The molecule has 0 saturated heterocycles. The Bertz CT molecular complexity index is 572. The molecule has 0 bridgehead atoms. The average Bonchev–Trinajstić information content (AvgIpc) is 2.56. The van der Waals surface area contributed by atoms with Crippen LogP contribution in [0, 0.1) is 0 Å². The summed E-state index contributed by atoms with van der Waals surface area (Å²) in [6, 6.07) is 4.18. The van der Waals surface area contributed by atoms with Crippen LogP contribution >= 0.6 is 0 Å². The predicted molar refractivity (Wildman–Crippen MR) is 52.3 cm³/mol. The molecule has 82 valence electrons. The van der Waals surface area contributed by atoms with Crippen molar-refractivity contribution in [3.05, 3.63) is 29.7 Å². The lowest BCUT2D eigenvalue weighted by atomic mass is 10.2. The number of benzene rings is 1. The minimum atomic E-state index is -1.07. The Kier molecular flexibility index (Phi) is 2.32. The zero-order valence-electron chi connectivity index (χ0n) is 8.01. The predicted octanol–water partition coefficient (Wildman–Crippen LogP) is 1.15. The molecule has 1 heterocycles. The zero-order valence-corrected chi connectivity index (χ0v) is 8.01. The minimum Gasteiger partial charge on any atom is -0.481 e. The van der Waals surface area contributed by atoms with Gasteiger partial charge in [0.2, 0.25) is 5.89 Å². The van der Waals surface area contributed by atoms with Gasteiger partial charge in [-0.1, -0.05) is 0 Å². The summed E-state index contributed by atoms with van der Waals surface area (Å²) in [5.41, 5.74) is 0.794. The number of carbonyl (C=O) groups is 2. The van der Waals surface area contributed by atoms with E-state index in [0.717, 1.165) is 0 Å². The van der Waals surface area contributed by atoms with Crippen molar-refractivity contribution in [1.29, 1.82) is 0 Å². The van der Waals surface area contributed by atoms with Crippen LogP contribution < -0.4 is 0 Å². The lowest BCUT2D eigenvalue weighted by Gasteiger charge is -1.91. The molecule has 0 aliphatic rings. The van der Waals surface area contributed by atoms with E-state index in [2.05, 4.69) is 4.98 Å². The van der Waals surface area contributed by atoms with Crippen LogP contribution in [0.5, 0.6) is 0 Å². The van der Waals surface area contributed by atoms with Gasteiger partial charge in [-0.15, -0.1) is 0 Å². The van der Waals surface area contributed by atoms with Gasteiger partial charge in [-0.3, -0.25) is 4.79 Å². The smallest absolute Gasteiger partial charge is 0.335 e. The second-order valence-corrected chi connectivity index (χ2v) is 3.17. The lowest BCUT2D eigenvalue weighted by molar-refractivity contribution is -0.136. The molecule has 0 unspecified atom stereocenters. The molecule has 1 aromatic heterocycles. The summed E-state index contributed by atoms with van der Waals surface area (Å²) in [6.45, 7) is 0. The summed E-state index contributed by atoms with van der Waals surface area (Å²) in [5.74, 6) is -2.06. The molecular formula is C10H7NO5. The van der Waals surface area contributed by atoms with Crippen LogP contribution in [-0.4, -0.2) is 27.1 Å². The maximum absolute atomic E-state index is 10.7. The molecule has 2 aromatic rings. The van der Waals surface area contributed by atoms with E-state index < -0.39 is 11.9 Å². The van der Waals surface area contributed by atoms with E-state index in [9.17, 15) is 9.59 Å². The van der Waals surface area contributed by atoms with Crippen LogP contribution in [0.25, 0.3) is 11.1 Å². The number of carboxylic acids is 2. The molecule has 0 aliphatic heterocycles. The maximum Gasteiger partial charge on any atom is 0.335 e. The van der Waals surface area contributed by atoms with E-state index in [1.54, 1.807) is 0 Å². The number of aliphatic carboxylic acids is 1. The first-order chi connectivity index (χ1) is 7.56. The molecule has 6 nitrogen and oxygen atoms in total. The number of oxazole rings is 1. The minimum absolute atomic E-state index is 0.0602. The molecule has 0 amide bonds. The van der Waals surface area contributed by atoms with Gasteiger partial charge in [0.1, 0.15) is 11.9 Å². The van der Waals surface area contributed by atoms with Crippen molar-refractivity contribution in [2.24, 2.45) is 0 Å². The van der Waals surface area contributed by atoms with Gasteiger partial charge >= 0.3 is 11.9 Å². The Balaban J connectivity index is 2.45. The summed E-state index contributed by atoms with van der Waals surface area (Å²) in [7, 11) is 0. The van der Waals surface area contributed by atoms with Gasteiger partial charge in [0.15, 0.2) is 5.58 Å². The van der Waals surface area contributed by atoms with E-state index in [-0.39, 0.29) is 23.5 Å². The quantitative estimate of drug-likeness (QED) is 0.806. The fourth-order valence-electron chi connectivity index (χ4n) is 1.31. The number of hydrogen-bond donors (Lipinski definition) is 2. The molecule has 0 aliphatic carbocycles. The summed E-state index contributed by atoms with van der Waals surface area (Å²) in [4.78, 5) is 25.0. The highest BCUT2D eigenvalue weighted by atomic mass is 16.4. The van der Waals surface area contributed by atoms with Crippen molar-refractivity contribution < 1.29 is 24.2 Å².